The van der Waals surface area contributed by atoms with Gasteiger partial charge < -0.3 is 55.3 Å². The number of quaternary nitrogens is 1. The minimum absolute atomic E-state index is 0. The highest BCUT2D eigenvalue weighted by atomic mass is 35.5. The van der Waals surface area contributed by atoms with E-state index < -0.39 is 0 Å². The molecule has 0 saturated heterocycles. The Morgan fingerprint density at radius 2 is 0.883 bits per heavy atom. The van der Waals surface area contributed by atoms with Crippen molar-refractivity contribution in [2.24, 2.45) is 5.41 Å². The lowest BCUT2D eigenvalue weighted by atomic mass is 9.91. The van der Waals surface area contributed by atoms with Crippen LogP contribution < -0.4 is 12.4 Å². The van der Waals surface area contributed by atoms with Crippen LogP contribution >= 0.6 is 0 Å². The summed E-state index contributed by atoms with van der Waals surface area (Å²) in [7, 11) is 13.8. The van der Waals surface area contributed by atoms with Gasteiger partial charge in [0.1, 0.15) is 33.0 Å². The highest BCUT2D eigenvalue weighted by Crippen LogP contribution is 2.20. The maximum atomic E-state index is 11.0. The first kappa shape index (κ1) is 67.9. The molecule has 60 heavy (non-hydrogen) atoms. The fourth-order valence-electron chi connectivity index (χ4n) is 3.19. The van der Waals surface area contributed by atoms with Crippen LogP contribution in [0.1, 0.15) is 75.2 Å². The van der Waals surface area contributed by atoms with Gasteiger partial charge in [0.2, 0.25) is 0 Å². The lowest BCUT2D eigenvalue weighted by Crippen LogP contribution is -3.00. The van der Waals surface area contributed by atoms with Crippen molar-refractivity contribution in [1.29, 1.82) is 0 Å². The van der Waals surface area contributed by atoms with E-state index in [4.69, 9.17) is 23.7 Å². The first-order valence-corrected chi connectivity index (χ1v) is 19.9. The molecule has 0 aliphatic heterocycles. The molecule has 0 aliphatic carbocycles. The predicted molar refractivity (Wildman–Crippen MR) is 241 cm³/mol. The monoisotopic (exact) mass is 877 g/mol. The van der Waals surface area contributed by atoms with E-state index in [9.17, 15) is 24.0 Å². The molecule has 0 aromatic carbocycles. The van der Waals surface area contributed by atoms with Gasteiger partial charge in [-0.15, -0.1) is 0 Å². The minimum atomic E-state index is -0.359. The van der Waals surface area contributed by atoms with Crippen LogP contribution in [-0.2, 0) is 47.7 Å². The standard InChI is InChI=1S/C11H20O2.C10H19NO2.C9H18NO2.C8H15NO2.C7H13NO2.ClH/c1-9(2)10(12)13-8-6-7-11(3,4)5;1-5-11(6-2)7-8-13-10(12)9(3)4;1-8(2)9(11)12-7-6-10(3,4)5;1-7(2)8(10)11-6-5-9(3)4;1-4-7(9)10-6-5-8(2)3;/h1,6-8H2,2-5H3;3,5-8H2,1-2,4H3;1,6-7H2,2-5H3;1,5-6H2,2-4H3;4H,1,5-6H2,2-3H3;1H/q;;+1;;;/p-1. The largest absolute Gasteiger partial charge is 1.00 e. The number of esters is 5. The highest BCUT2D eigenvalue weighted by Gasteiger charge is 2.11. The SMILES string of the molecule is C=C(C)C(=O)OCCCC(C)(C)C.C=C(C)C(=O)OCCN(C)C.C=C(C)C(=O)OCCN(CC)CC.C=C(C)C(=O)OCC[N+](C)(C)C.C=CC(=O)OCCN(C)C.[Cl-]. The van der Waals surface area contributed by atoms with Crippen molar-refractivity contribution in [3.63, 3.8) is 0 Å². The van der Waals surface area contributed by atoms with E-state index in [1.165, 1.54) is 0 Å². The van der Waals surface area contributed by atoms with Crippen molar-refractivity contribution < 1.29 is 64.5 Å². The number of halogens is 1. The van der Waals surface area contributed by atoms with E-state index in [2.05, 4.69) is 93.6 Å². The zero-order valence-electron chi connectivity index (χ0n) is 40.6. The van der Waals surface area contributed by atoms with Crippen molar-refractivity contribution in [2.75, 3.05) is 122 Å². The summed E-state index contributed by atoms with van der Waals surface area (Å²) in [6.45, 7) is 41.9. The zero-order chi connectivity index (χ0) is 47.4. The molecule has 0 bridgehead atoms. The van der Waals surface area contributed by atoms with Crippen LogP contribution in [0.15, 0.2) is 61.3 Å². The van der Waals surface area contributed by atoms with Gasteiger partial charge in [-0.2, -0.15) is 0 Å². The topological polar surface area (TPSA) is 141 Å². The molecule has 0 amide bonds. The molecule has 0 aliphatic rings. The van der Waals surface area contributed by atoms with Gasteiger partial charge in [-0.3, -0.25) is 0 Å². The number of hydrogen-bond donors (Lipinski definition) is 0. The molecule has 14 nitrogen and oxygen atoms in total. The summed E-state index contributed by atoms with van der Waals surface area (Å²) < 4.78 is 25.2. The first-order chi connectivity index (χ1) is 27.0. The van der Waals surface area contributed by atoms with E-state index in [-0.39, 0.29) is 42.3 Å². The molecule has 0 aromatic rings. The maximum Gasteiger partial charge on any atom is 0.333 e. The summed E-state index contributed by atoms with van der Waals surface area (Å²) in [5, 5.41) is 0. The summed E-state index contributed by atoms with van der Waals surface area (Å²) in [5.74, 6) is -1.56. The molecule has 0 saturated carbocycles. The second kappa shape index (κ2) is 40.6. The summed E-state index contributed by atoms with van der Waals surface area (Å²) in [4.78, 5) is 60.1. The van der Waals surface area contributed by atoms with Crippen LogP contribution in [0.3, 0.4) is 0 Å². The van der Waals surface area contributed by atoms with Crippen LogP contribution in [-0.4, -0.2) is 171 Å². The van der Waals surface area contributed by atoms with Crippen molar-refractivity contribution in [3.05, 3.63) is 61.3 Å². The third-order valence-electron chi connectivity index (χ3n) is 6.95. The van der Waals surface area contributed by atoms with Gasteiger partial charge in [0.15, 0.2) is 0 Å². The van der Waals surface area contributed by atoms with Crippen LogP contribution in [0, 0.1) is 5.41 Å². The Labute approximate surface area is 371 Å². The van der Waals surface area contributed by atoms with Crippen molar-refractivity contribution in [3.8, 4) is 0 Å². The highest BCUT2D eigenvalue weighted by molar-refractivity contribution is 5.88. The molecule has 15 heteroatoms. The third-order valence-corrected chi connectivity index (χ3v) is 6.95. The molecule has 0 fully saturated rings. The number of nitrogens with zero attached hydrogens (tertiary/aromatic N) is 4. The Bertz CT molecular complexity index is 1270. The zero-order valence-corrected chi connectivity index (χ0v) is 41.3. The second-order valence-corrected chi connectivity index (χ2v) is 16.3. The molecule has 0 rings (SSSR count). The van der Waals surface area contributed by atoms with Gasteiger partial charge in [0.05, 0.1) is 27.7 Å². The van der Waals surface area contributed by atoms with E-state index in [1.807, 2.05) is 38.0 Å². The number of likely N-dealkylation sites (N-methyl/N-ethyl adjacent to an activating group) is 4. The smallest absolute Gasteiger partial charge is 0.333 e. The van der Waals surface area contributed by atoms with Gasteiger partial charge in [-0.25, -0.2) is 24.0 Å². The fourth-order valence-corrected chi connectivity index (χ4v) is 3.19. The van der Waals surface area contributed by atoms with Gasteiger partial charge in [0, 0.05) is 48.0 Å². The first-order valence-electron chi connectivity index (χ1n) is 19.9. The summed E-state index contributed by atoms with van der Waals surface area (Å²) in [6.07, 6.45) is 3.15. The van der Waals surface area contributed by atoms with Gasteiger partial charge >= 0.3 is 29.8 Å². The number of carbonyl (C=O) groups excluding carboxylic acids is 5. The Balaban J connectivity index is -0.000000152. The molecule has 0 spiro atoms. The van der Waals surface area contributed by atoms with Crippen molar-refractivity contribution >= 4 is 29.8 Å². The van der Waals surface area contributed by atoms with Gasteiger partial charge in [0.25, 0.3) is 0 Å². The number of rotatable bonds is 22. The summed E-state index contributed by atoms with van der Waals surface area (Å²) in [6, 6.07) is 0. The lowest BCUT2D eigenvalue weighted by Gasteiger charge is -2.23. The van der Waals surface area contributed by atoms with Gasteiger partial charge in [-0.05, 0) is 87.2 Å². The maximum absolute atomic E-state index is 11.0. The third kappa shape index (κ3) is 58.5. The minimum Gasteiger partial charge on any atom is -1.00 e. The van der Waals surface area contributed by atoms with Crippen LogP contribution in [0.25, 0.3) is 0 Å². The molecule has 0 unspecified atom stereocenters. The number of hydrogen-bond acceptors (Lipinski definition) is 13. The Morgan fingerprint density at radius 3 is 1.17 bits per heavy atom. The molecule has 0 radical (unpaired) electrons. The average molecular weight is 878 g/mol. The summed E-state index contributed by atoms with van der Waals surface area (Å²) >= 11 is 0. The van der Waals surface area contributed by atoms with E-state index >= 15 is 0 Å². The molecule has 0 aromatic heterocycles. The normalized spacial score (nSPS) is 10.2. The fraction of sp³-hybridized carbons (Fsp3) is 0.667. The van der Waals surface area contributed by atoms with E-state index in [0.29, 0.717) is 60.7 Å². The molecule has 0 N–H and O–H groups in total. The number of ether oxygens (including phenoxy) is 5. The van der Waals surface area contributed by atoms with Crippen LogP contribution in [0.2, 0.25) is 0 Å². The molecule has 352 valence electrons. The van der Waals surface area contributed by atoms with Crippen LogP contribution in [0.5, 0.6) is 0 Å². The Hall–Kier alpha value is -3.82. The lowest BCUT2D eigenvalue weighted by molar-refractivity contribution is -0.870. The molecular formula is C45H85ClN4O10. The molecule has 0 heterocycles. The Kier molecular flexibility index (Phi) is 45.9. The van der Waals surface area contributed by atoms with Crippen molar-refractivity contribution in [1.82, 2.24) is 14.7 Å². The molecule has 0 atom stereocenters. The predicted octanol–water partition coefficient (Wildman–Crippen LogP) is 3.14. The quantitative estimate of drug-likeness (QED) is 0.0518. The van der Waals surface area contributed by atoms with E-state index in [1.54, 1.807) is 27.7 Å². The van der Waals surface area contributed by atoms with E-state index in [0.717, 1.165) is 62.7 Å². The van der Waals surface area contributed by atoms with Crippen LogP contribution in [0.4, 0.5) is 0 Å². The molecular weight excluding hydrogens is 792 g/mol. The summed E-state index contributed by atoms with van der Waals surface area (Å²) in [5.41, 5.74) is 2.14. The van der Waals surface area contributed by atoms with Crippen molar-refractivity contribution in [2.45, 2.75) is 75.2 Å². The Morgan fingerprint density at radius 1 is 0.567 bits per heavy atom. The second-order valence-electron chi connectivity index (χ2n) is 16.3. The van der Waals surface area contributed by atoms with Gasteiger partial charge in [-0.1, -0.05) is 67.5 Å². The average Bonchev–Trinajstić information content (AvgIpc) is 3.11. The number of carbonyl (C=O) groups is 5.